The van der Waals surface area contributed by atoms with Crippen molar-refractivity contribution in [1.29, 1.82) is 0 Å². The second-order valence-corrected chi connectivity index (χ2v) is 10.0. The zero-order valence-electron chi connectivity index (χ0n) is 21.1. The van der Waals surface area contributed by atoms with Crippen molar-refractivity contribution in [2.75, 3.05) is 19.8 Å². The fourth-order valence-corrected chi connectivity index (χ4v) is 5.77. The second kappa shape index (κ2) is 12.0. The van der Waals surface area contributed by atoms with Crippen LogP contribution < -0.4 is 24.4 Å². The highest BCUT2D eigenvalue weighted by atomic mass is 35.5. The number of nitrogens with zero attached hydrogens (tertiary/aromatic N) is 2. The lowest BCUT2D eigenvalue weighted by Crippen LogP contribution is -2.39. The standard InChI is InChI=1S/C28H26Cl2N2O5S/c1-5-12-37-25-20(29)13-17(14-21(25)30)15-22-26(33)32-24(18-8-10-19(11-9-18)35-6-2)23(27(34)36-7-3)16(4)31-28(32)38-22/h5,8-11,13-15,24H,1,6-7,12H2,2-4H3/b22-15+. The number of carbonyl (C=O) groups excluding carboxylic acids is 1. The highest BCUT2D eigenvalue weighted by molar-refractivity contribution is 7.07. The van der Waals surface area contributed by atoms with Gasteiger partial charge in [-0.05, 0) is 62.2 Å². The highest BCUT2D eigenvalue weighted by Gasteiger charge is 2.33. The number of hydrogen-bond donors (Lipinski definition) is 0. The van der Waals surface area contributed by atoms with Gasteiger partial charge in [-0.25, -0.2) is 9.79 Å². The third-order valence-electron chi connectivity index (χ3n) is 5.69. The molecule has 2 aromatic carbocycles. The molecule has 0 saturated heterocycles. The number of fused-ring (bicyclic) bond motifs is 1. The van der Waals surface area contributed by atoms with E-state index in [0.29, 0.717) is 54.3 Å². The predicted octanol–water partition coefficient (Wildman–Crippen LogP) is 5.07. The van der Waals surface area contributed by atoms with Crippen molar-refractivity contribution >= 4 is 46.6 Å². The van der Waals surface area contributed by atoms with E-state index in [1.165, 1.54) is 15.9 Å². The smallest absolute Gasteiger partial charge is 0.338 e. The molecule has 38 heavy (non-hydrogen) atoms. The number of rotatable bonds is 9. The van der Waals surface area contributed by atoms with E-state index < -0.39 is 12.0 Å². The fraction of sp³-hybridized carbons (Fsp3) is 0.250. The SMILES string of the molecule is C=CCOc1c(Cl)cc(/C=c2/sc3n(c2=O)C(c2ccc(OCC)cc2)C(C(=O)OCC)=C(C)N=3)cc1Cl. The number of halogens is 2. The van der Waals surface area contributed by atoms with E-state index in [0.717, 1.165) is 5.56 Å². The molecule has 0 aliphatic carbocycles. The van der Waals surface area contributed by atoms with Crippen LogP contribution in [0.1, 0.15) is 37.9 Å². The highest BCUT2D eigenvalue weighted by Crippen LogP contribution is 2.35. The van der Waals surface area contributed by atoms with Gasteiger partial charge in [0.25, 0.3) is 5.56 Å². The van der Waals surface area contributed by atoms with Crippen molar-refractivity contribution < 1.29 is 19.0 Å². The van der Waals surface area contributed by atoms with E-state index in [2.05, 4.69) is 11.6 Å². The Kier molecular flexibility index (Phi) is 8.76. The Morgan fingerprint density at radius 3 is 2.42 bits per heavy atom. The molecule has 2 heterocycles. The molecule has 10 heteroatoms. The minimum atomic E-state index is -0.718. The van der Waals surface area contributed by atoms with Crippen LogP contribution in [-0.2, 0) is 9.53 Å². The lowest BCUT2D eigenvalue weighted by Gasteiger charge is -2.24. The summed E-state index contributed by atoms with van der Waals surface area (Å²) in [6, 6.07) is 9.93. The molecule has 0 spiro atoms. The molecule has 198 valence electrons. The average Bonchev–Trinajstić information content (AvgIpc) is 3.17. The van der Waals surface area contributed by atoms with E-state index in [1.54, 1.807) is 38.1 Å². The van der Waals surface area contributed by atoms with E-state index >= 15 is 0 Å². The van der Waals surface area contributed by atoms with E-state index in [9.17, 15) is 9.59 Å². The van der Waals surface area contributed by atoms with Crippen molar-refractivity contribution in [1.82, 2.24) is 4.57 Å². The molecule has 1 aromatic heterocycles. The second-order valence-electron chi connectivity index (χ2n) is 8.22. The first kappa shape index (κ1) is 27.7. The van der Waals surface area contributed by atoms with Crippen LogP contribution in [0.2, 0.25) is 10.0 Å². The van der Waals surface area contributed by atoms with Gasteiger partial charge in [-0.1, -0.05) is 59.3 Å². The maximum absolute atomic E-state index is 13.8. The number of allylic oxidation sites excluding steroid dienone is 1. The molecule has 1 unspecified atom stereocenters. The Labute approximate surface area is 233 Å². The summed E-state index contributed by atoms with van der Waals surface area (Å²) in [5, 5.41) is 0.622. The molecular formula is C28H26Cl2N2O5S. The largest absolute Gasteiger partial charge is 0.494 e. The van der Waals surface area contributed by atoms with Gasteiger partial charge in [0.05, 0.1) is 45.1 Å². The Hall–Kier alpha value is -3.33. The Morgan fingerprint density at radius 1 is 1.13 bits per heavy atom. The van der Waals surface area contributed by atoms with Crippen LogP contribution in [0.3, 0.4) is 0 Å². The molecule has 0 fully saturated rings. The van der Waals surface area contributed by atoms with Gasteiger partial charge in [0.1, 0.15) is 12.4 Å². The molecule has 0 saturated carbocycles. The van der Waals surface area contributed by atoms with E-state index in [-0.39, 0.29) is 18.8 Å². The van der Waals surface area contributed by atoms with Crippen LogP contribution >= 0.6 is 34.5 Å². The molecule has 0 N–H and O–H groups in total. The number of hydrogen-bond acceptors (Lipinski definition) is 7. The van der Waals surface area contributed by atoms with Gasteiger partial charge in [0.15, 0.2) is 10.6 Å². The van der Waals surface area contributed by atoms with Crippen LogP contribution in [0.15, 0.2) is 70.1 Å². The predicted molar refractivity (Wildman–Crippen MR) is 150 cm³/mol. The van der Waals surface area contributed by atoms with Crippen LogP contribution in [0.5, 0.6) is 11.5 Å². The first-order valence-corrected chi connectivity index (χ1v) is 13.5. The van der Waals surface area contributed by atoms with Gasteiger partial charge in [-0.15, -0.1) is 0 Å². The summed E-state index contributed by atoms with van der Waals surface area (Å²) in [6.07, 6.45) is 3.28. The maximum atomic E-state index is 13.8. The molecule has 1 aliphatic rings. The van der Waals surface area contributed by atoms with Crippen LogP contribution in [0, 0.1) is 0 Å². The quantitative estimate of drug-likeness (QED) is 0.264. The van der Waals surface area contributed by atoms with Gasteiger partial charge in [0, 0.05) is 0 Å². The molecule has 0 radical (unpaired) electrons. The summed E-state index contributed by atoms with van der Waals surface area (Å²) >= 11 is 14.0. The molecule has 4 rings (SSSR count). The van der Waals surface area contributed by atoms with Crippen molar-refractivity contribution in [3.05, 3.63) is 101 Å². The number of aromatic nitrogens is 1. The molecule has 1 atom stereocenters. The topological polar surface area (TPSA) is 79.1 Å². The number of thiazole rings is 1. The van der Waals surface area contributed by atoms with Crippen molar-refractivity contribution in [3.63, 3.8) is 0 Å². The zero-order valence-corrected chi connectivity index (χ0v) is 23.5. The summed E-state index contributed by atoms with van der Waals surface area (Å²) in [5.41, 5.74) is 1.85. The minimum absolute atomic E-state index is 0.198. The summed E-state index contributed by atoms with van der Waals surface area (Å²) < 4.78 is 18.4. The van der Waals surface area contributed by atoms with Crippen molar-refractivity contribution in [3.8, 4) is 11.5 Å². The van der Waals surface area contributed by atoms with Gasteiger partial charge in [-0.3, -0.25) is 9.36 Å². The van der Waals surface area contributed by atoms with E-state index in [4.69, 9.17) is 37.4 Å². The summed E-state index contributed by atoms with van der Waals surface area (Å²) in [6.45, 7) is 9.98. The summed E-state index contributed by atoms with van der Waals surface area (Å²) in [4.78, 5) is 31.9. The summed E-state index contributed by atoms with van der Waals surface area (Å²) in [7, 11) is 0. The third kappa shape index (κ3) is 5.57. The molecule has 3 aromatic rings. The number of benzene rings is 2. The van der Waals surface area contributed by atoms with Crippen LogP contribution in [0.25, 0.3) is 6.08 Å². The van der Waals surface area contributed by atoms with Crippen molar-refractivity contribution in [2.45, 2.75) is 26.8 Å². The third-order valence-corrected chi connectivity index (χ3v) is 7.23. The number of ether oxygens (including phenoxy) is 3. The van der Waals surface area contributed by atoms with Crippen LogP contribution in [-0.4, -0.2) is 30.4 Å². The van der Waals surface area contributed by atoms with Gasteiger partial charge in [-0.2, -0.15) is 0 Å². The normalized spacial score (nSPS) is 15.1. The Morgan fingerprint density at radius 2 is 1.82 bits per heavy atom. The lowest BCUT2D eigenvalue weighted by atomic mass is 9.96. The zero-order chi connectivity index (χ0) is 27.4. The Balaban J connectivity index is 1.87. The molecule has 0 amide bonds. The summed E-state index contributed by atoms with van der Waals surface area (Å²) in [5.74, 6) is 0.518. The molecule has 0 bridgehead atoms. The van der Waals surface area contributed by atoms with Crippen molar-refractivity contribution in [2.24, 2.45) is 4.99 Å². The lowest BCUT2D eigenvalue weighted by molar-refractivity contribution is -0.139. The number of carbonyl (C=O) groups is 1. The maximum Gasteiger partial charge on any atom is 0.338 e. The molecular weight excluding hydrogens is 547 g/mol. The first-order valence-electron chi connectivity index (χ1n) is 11.9. The molecule has 7 nitrogen and oxygen atoms in total. The van der Waals surface area contributed by atoms with Gasteiger partial charge < -0.3 is 14.2 Å². The first-order chi connectivity index (χ1) is 18.3. The number of esters is 1. The van der Waals surface area contributed by atoms with Crippen LogP contribution in [0.4, 0.5) is 0 Å². The average molecular weight is 573 g/mol. The van der Waals surface area contributed by atoms with Gasteiger partial charge >= 0.3 is 5.97 Å². The Bertz CT molecular complexity index is 1570. The minimum Gasteiger partial charge on any atom is -0.494 e. The molecule has 1 aliphatic heterocycles. The van der Waals surface area contributed by atoms with E-state index in [1.807, 2.05) is 31.2 Å². The monoisotopic (exact) mass is 572 g/mol. The fourth-order valence-electron chi connectivity index (χ4n) is 4.11. The van der Waals surface area contributed by atoms with Gasteiger partial charge in [0.2, 0.25) is 0 Å².